The van der Waals surface area contributed by atoms with E-state index in [0.29, 0.717) is 6.42 Å². The van der Waals surface area contributed by atoms with Crippen molar-refractivity contribution in [3.8, 4) is 0 Å². The molecule has 0 aliphatic heterocycles. The zero-order chi connectivity index (χ0) is 9.72. The van der Waals surface area contributed by atoms with Crippen LogP contribution in [0, 0.1) is 0 Å². The summed E-state index contributed by atoms with van der Waals surface area (Å²) in [5, 5.41) is 17.7. The average Bonchev–Trinajstić information content (AvgIpc) is 1.84. The van der Waals surface area contributed by atoms with Crippen molar-refractivity contribution in [2.24, 2.45) is 0 Å². The number of quaternary nitrogens is 2. The fraction of sp³-hybridized carbons (Fsp3) is 0.857. The zero-order valence-corrected chi connectivity index (χ0v) is 9.63. The lowest BCUT2D eigenvalue weighted by Crippen LogP contribution is -3.00. The predicted octanol–water partition coefficient (Wildman–Crippen LogP) is -8.54. The van der Waals surface area contributed by atoms with Crippen molar-refractivity contribution in [2.45, 2.75) is 38.0 Å². The van der Waals surface area contributed by atoms with E-state index in [1.54, 1.807) is 6.92 Å². The van der Waals surface area contributed by atoms with Crippen molar-refractivity contribution in [2.75, 3.05) is 0 Å². The number of aliphatic hydroxyl groups excluding tert-OH is 1. The Labute approximate surface area is 95.7 Å². The highest BCUT2D eigenvalue weighted by molar-refractivity contribution is 5.67. The van der Waals surface area contributed by atoms with Gasteiger partial charge in [-0.2, -0.15) is 0 Å². The molecule has 0 amide bonds. The molecule has 0 rings (SSSR count). The summed E-state index contributed by atoms with van der Waals surface area (Å²) in [6.07, 6.45) is -0.146. The van der Waals surface area contributed by atoms with Crippen molar-refractivity contribution in [3.63, 3.8) is 0 Å². The molecular formula is C7H18Cl2N2O3. The molecule has 0 aromatic carbocycles. The lowest BCUT2D eigenvalue weighted by molar-refractivity contribution is -0.451. The van der Waals surface area contributed by atoms with Crippen LogP contribution in [0.2, 0.25) is 0 Å². The summed E-state index contributed by atoms with van der Waals surface area (Å²) in [4.78, 5) is 10.2. The first-order valence-corrected chi connectivity index (χ1v) is 3.99. The zero-order valence-electron chi connectivity index (χ0n) is 8.12. The molecule has 0 spiro atoms. The second kappa shape index (κ2) is 9.48. The minimum absolute atomic E-state index is 0. The molecule has 0 heterocycles. The molecule has 0 aliphatic rings. The van der Waals surface area contributed by atoms with E-state index in [1.165, 1.54) is 0 Å². The molecule has 0 saturated carbocycles. The topological polar surface area (TPSA) is 113 Å². The Balaban J connectivity index is -0.000000605. The van der Waals surface area contributed by atoms with Crippen LogP contribution in [0.3, 0.4) is 0 Å². The number of carboxylic acids is 1. The van der Waals surface area contributed by atoms with Crippen LogP contribution in [0.25, 0.3) is 0 Å². The van der Waals surface area contributed by atoms with Crippen molar-refractivity contribution in [1.29, 1.82) is 0 Å². The Morgan fingerprint density at radius 3 is 2.07 bits per heavy atom. The first-order chi connectivity index (χ1) is 5.43. The first-order valence-electron chi connectivity index (χ1n) is 3.99. The quantitative estimate of drug-likeness (QED) is 0.388. The van der Waals surface area contributed by atoms with Crippen LogP contribution in [-0.4, -0.2) is 34.4 Å². The minimum atomic E-state index is -0.876. The Morgan fingerprint density at radius 1 is 1.36 bits per heavy atom. The van der Waals surface area contributed by atoms with Crippen LogP contribution in [0.5, 0.6) is 0 Å². The van der Waals surface area contributed by atoms with Crippen molar-refractivity contribution >= 4 is 5.97 Å². The fourth-order valence-corrected chi connectivity index (χ4v) is 0.904. The lowest BCUT2D eigenvalue weighted by atomic mass is 10.0. The Morgan fingerprint density at radius 2 is 1.79 bits per heavy atom. The molecule has 0 unspecified atom stereocenters. The summed E-state index contributed by atoms with van der Waals surface area (Å²) in [5.74, 6) is -0.876. The van der Waals surface area contributed by atoms with Gasteiger partial charge in [0.2, 0.25) is 0 Å². The molecule has 14 heavy (non-hydrogen) atoms. The monoisotopic (exact) mass is 248 g/mol. The molecule has 8 N–H and O–H groups in total. The molecule has 88 valence electrons. The van der Waals surface area contributed by atoms with Gasteiger partial charge in [0.25, 0.3) is 0 Å². The van der Waals surface area contributed by atoms with Gasteiger partial charge in [0.1, 0.15) is 12.1 Å². The van der Waals surface area contributed by atoms with Gasteiger partial charge in [-0.1, -0.05) is 0 Å². The van der Waals surface area contributed by atoms with Gasteiger partial charge in [-0.3, -0.25) is 4.79 Å². The third-order valence-electron chi connectivity index (χ3n) is 1.69. The molecule has 3 atom stereocenters. The molecule has 0 saturated heterocycles. The normalized spacial score (nSPS) is 15.7. The van der Waals surface area contributed by atoms with Crippen LogP contribution >= 0.6 is 0 Å². The molecule has 5 nitrogen and oxygen atoms in total. The van der Waals surface area contributed by atoms with E-state index in [0.717, 1.165) is 0 Å². The van der Waals surface area contributed by atoms with Gasteiger partial charge in [-0.05, 0) is 6.92 Å². The van der Waals surface area contributed by atoms with Gasteiger partial charge in [-0.15, -0.1) is 0 Å². The summed E-state index contributed by atoms with van der Waals surface area (Å²) >= 11 is 0. The van der Waals surface area contributed by atoms with Crippen LogP contribution in [0.15, 0.2) is 0 Å². The summed E-state index contributed by atoms with van der Waals surface area (Å²) in [7, 11) is 0. The standard InChI is InChI=1S/C7H16N2O3.2ClH/c1-4(8)6(10)2-5(9)3-7(11)12;;/h4-6,10H,2-3,8-9H2,1H3,(H,11,12);2*1H/t4-,5-,6-;;/m1../s1. The van der Waals surface area contributed by atoms with Gasteiger partial charge >= 0.3 is 5.97 Å². The molecule has 0 radical (unpaired) electrons. The average molecular weight is 249 g/mol. The Bertz CT molecular complexity index is 158. The molecule has 0 fully saturated rings. The van der Waals surface area contributed by atoms with E-state index >= 15 is 0 Å². The highest BCUT2D eigenvalue weighted by atomic mass is 35.5. The second-order valence-electron chi connectivity index (χ2n) is 3.24. The van der Waals surface area contributed by atoms with Gasteiger partial charge < -0.3 is 46.5 Å². The van der Waals surface area contributed by atoms with E-state index in [-0.39, 0.29) is 43.3 Å². The highest BCUT2D eigenvalue weighted by Crippen LogP contribution is 2.00. The fourth-order valence-electron chi connectivity index (χ4n) is 0.904. The van der Waals surface area contributed by atoms with Gasteiger partial charge in [0.05, 0.1) is 12.5 Å². The lowest BCUT2D eigenvalue weighted by Gasteiger charge is -2.13. The minimum Gasteiger partial charge on any atom is -1.00 e. The highest BCUT2D eigenvalue weighted by Gasteiger charge is 2.20. The van der Waals surface area contributed by atoms with Gasteiger partial charge in [0.15, 0.2) is 0 Å². The van der Waals surface area contributed by atoms with Crippen LogP contribution in [0.4, 0.5) is 0 Å². The number of aliphatic hydroxyl groups is 1. The molecule has 0 bridgehead atoms. The number of carbonyl (C=O) groups is 1. The molecule has 0 aromatic heterocycles. The SMILES string of the molecule is C[C@@H]([NH3+])[C@H](O)C[C@@H]([NH3+])CC(=O)O.[Cl-].[Cl-]. The summed E-state index contributed by atoms with van der Waals surface area (Å²) in [5.41, 5.74) is 7.28. The largest absolute Gasteiger partial charge is 1.00 e. The van der Waals surface area contributed by atoms with E-state index in [9.17, 15) is 9.90 Å². The second-order valence-corrected chi connectivity index (χ2v) is 3.24. The van der Waals surface area contributed by atoms with Crippen molar-refractivity contribution in [3.05, 3.63) is 0 Å². The van der Waals surface area contributed by atoms with E-state index in [4.69, 9.17) is 5.11 Å². The summed E-state index contributed by atoms with van der Waals surface area (Å²) in [6, 6.07) is -0.315. The maximum absolute atomic E-state index is 10.2. The Hall–Kier alpha value is -0.0700. The van der Waals surface area contributed by atoms with Gasteiger partial charge in [-0.25, -0.2) is 0 Å². The number of halogens is 2. The van der Waals surface area contributed by atoms with Crippen LogP contribution in [0.1, 0.15) is 19.8 Å². The number of aliphatic carboxylic acids is 1. The number of hydrogen-bond donors (Lipinski definition) is 4. The maximum Gasteiger partial charge on any atom is 0.309 e. The van der Waals surface area contributed by atoms with Crippen LogP contribution in [-0.2, 0) is 4.79 Å². The predicted molar refractivity (Wildman–Crippen MR) is 41.9 cm³/mol. The van der Waals surface area contributed by atoms with Crippen molar-refractivity contribution in [1.82, 2.24) is 0 Å². The number of hydrogen-bond acceptors (Lipinski definition) is 2. The molecular weight excluding hydrogens is 231 g/mol. The van der Waals surface area contributed by atoms with Crippen LogP contribution < -0.4 is 36.3 Å². The number of carboxylic acid groups (broad SMARTS) is 1. The van der Waals surface area contributed by atoms with E-state index in [2.05, 4.69) is 11.5 Å². The third-order valence-corrected chi connectivity index (χ3v) is 1.69. The number of rotatable bonds is 5. The smallest absolute Gasteiger partial charge is 0.309 e. The van der Waals surface area contributed by atoms with E-state index < -0.39 is 12.1 Å². The molecule has 0 aliphatic carbocycles. The first kappa shape index (κ1) is 19.5. The summed E-state index contributed by atoms with van der Waals surface area (Å²) in [6.45, 7) is 1.79. The third kappa shape index (κ3) is 10.0. The molecule has 7 heteroatoms. The van der Waals surface area contributed by atoms with E-state index in [1.807, 2.05) is 0 Å². The molecule has 0 aromatic rings. The Kier molecular flexibility index (Phi) is 13.2. The summed E-state index contributed by atoms with van der Waals surface area (Å²) < 4.78 is 0. The maximum atomic E-state index is 10.2. The van der Waals surface area contributed by atoms with Crippen molar-refractivity contribution < 1.29 is 51.3 Å². The van der Waals surface area contributed by atoms with Gasteiger partial charge in [0, 0.05) is 6.42 Å².